The molecule has 1 aliphatic rings. The minimum Gasteiger partial charge on any atom is -0.370 e. The number of halogens is 1. The van der Waals surface area contributed by atoms with E-state index in [9.17, 15) is 9.18 Å². The van der Waals surface area contributed by atoms with Crippen LogP contribution in [-0.2, 0) is 29.0 Å². The molecule has 2 aromatic rings. The molecule has 6 nitrogen and oxygen atoms in total. The van der Waals surface area contributed by atoms with Crippen molar-refractivity contribution in [2.45, 2.75) is 25.6 Å². The summed E-state index contributed by atoms with van der Waals surface area (Å²) in [6.45, 7) is 2.12. The monoisotopic (exact) mass is 346 g/mol. The molecule has 0 radical (unpaired) electrons. The number of nitrogens with zero attached hydrogens (tertiary/aromatic N) is 3. The van der Waals surface area contributed by atoms with Crippen molar-refractivity contribution in [3.05, 3.63) is 53.1 Å². The number of nitrogens with one attached hydrogen (secondary N) is 1. The number of hydrogen-bond donors (Lipinski definition) is 1. The number of carbonyl (C=O) groups is 1. The number of amides is 1. The fraction of sp³-hybridized carbons (Fsp3) is 0.444. The molecule has 3 rings (SSSR count). The second-order valence-corrected chi connectivity index (χ2v) is 6.39. The molecule has 1 N–H and O–H groups in total. The topological polar surface area (TPSA) is 59.4 Å². The summed E-state index contributed by atoms with van der Waals surface area (Å²) in [5, 5.41) is 7.87. The zero-order valence-electron chi connectivity index (χ0n) is 14.5. The number of aromatic nitrogens is 2. The van der Waals surface area contributed by atoms with Crippen LogP contribution in [0.4, 0.5) is 4.39 Å². The molecule has 1 aromatic carbocycles. The van der Waals surface area contributed by atoms with Gasteiger partial charge in [-0.05, 0) is 29.7 Å². The lowest BCUT2D eigenvalue weighted by Gasteiger charge is -2.22. The highest BCUT2D eigenvalue weighted by Gasteiger charge is 2.25. The maximum atomic E-state index is 12.9. The summed E-state index contributed by atoms with van der Waals surface area (Å²) in [6.07, 6.45) is 2.60. The van der Waals surface area contributed by atoms with E-state index >= 15 is 0 Å². The fourth-order valence-electron chi connectivity index (χ4n) is 2.80. The van der Waals surface area contributed by atoms with E-state index in [2.05, 4.69) is 10.4 Å². The van der Waals surface area contributed by atoms with Gasteiger partial charge in [0.25, 0.3) is 0 Å². The van der Waals surface area contributed by atoms with Crippen LogP contribution in [0.5, 0.6) is 0 Å². The minimum absolute atomic E-state index is 0.00625. The lowest BCUT2D eigenvalue weighted by molar-refractivity contribution is -0.129. The molecule has 0 fully saturated rings. The van der Waals surface area contributed by atoms with Crippen LogP contribution in [-0.4, -0.2) is 47.8 Å². The molecule has 2 heterocycles. The number of likely N-dealkylation sites (N-methyl/N-ethyl adjacent to an activating group) is 1. The average Bonchev–Trinajstić information content (AvgIpc) is 3.00. The molecule has 0 spiro atoms. The van der Waals surface area contributed by atoms with E-state index in [1.54, 1.807) is 35.8 Å². The first-order valence-corrected chi connectivity index (χ1v) is 8.36. The first kappa shape index (κ1) is 17.6. The number of fused-ring (bicyclic) bond motifs is 1. The van der Waals surface area contributed by atoms with E-state index in [0.29, 0.717) is 19.7 Å². The Morgan fingerprint density at radius 3 is 2.88 bits per heavy atom. The summed E-state index contributed by atoms with van der Waals surface area (Å²) in [5.41, 5.74) is 3.04. The molecule has 0 saturated carbocycles. The molecule has 0 saturated heterocycles. The smallest absolute Gasteiger partial charge is 0.243 e. The Bertz CT molecular complexity index is 727. The average molecular weight is 346 g/mol. The highest BCUT2D eigenvalue weighted by atomic mass is 19.1. The Balaban J connectivity index is 1.60. The van der Waals surface area contributed by atoms with Crippen molar-refractivity contribution < 1.29 is 13.9 Å². The van der Waals surface area contributed by atoms with Crippen LogP contribution in [0.1, 0.15) is 22.9 Å². The first-order valence-electron chi connectivity index (χ1n) is 8.36. The Kier molecular flexibility index (Phi) is 5.45. The van der Waals surface area contributed by atoms with Gasteiger partial charge >= 0.3 is 0 Å². The number of rotatable bonds is 6. The van der Waals surface area contributed by atoms with Crippen LogP contribution in [0.15, 0.2) is 30.5 Å². The molecule has 0 aliphatic carbocycles. The van der Waals surface area contributed by atoms with Crippen LogP contribution >= 0.6 is 0 Å². The van der Waals surface area contributed by atoms with E-state index in [1.807, 2.05) is 6.20 Å². The number of benzene rings is 1. The van der Waals surface area contributed by atoms with Crippen molar-refractivity contribution in [2.24, 2.45) is 0 Å². The van der Waals surface area contributed by atoms with Crippen LogP contribution in [0.2, 0.25) is 0 Å². The number of carbonyl (C=O) groups excluding carboxylic acids is 1. The van der Waals surface area contributed by atoms with Gasteiger partial charge in [0.05, 0.1) is 12.3 Å². The van der Waals surface area contributed by atoms with Gasteiger partial charge in [-0.2, -0.15) is 5.10 Å². The molecule has 0 bridgehead atoms. The summed E-state index contributed by atoms with van der Waals surface area (Å²) >= 11 is 0. The van der Waals surface area contributed by atoms with E-state index in [-0.39, 0.29) is 24.4 Å². The van der Waals surface area contributed by atoms with Gasteiger partial charge in [0.1, 0.15) is 18.5 Å². The van der Waals surface area contributed by atoms with Gasteiger partial charge in [-0.1, -0.05) is 12.1 Å². The molecule has 1 unspecified atom stereocenters. The van der Waals surface area contributed by atoms with Gasteiger partial charge in [-0.25, -0.2) is 4.39 Å². The lowest BCUT2D eigenvalue weighted by atomic mass is 10.1. The Hall–Kier alpha value is -2.25. The third-order valence-electron chi connectivity index (χ3n) is 4.23. The van der Waals surface area contributed by atoms with Gasteiger partial charge in [0.15, 0.2) is 0 Å². The Morgan fingerprint density at radius 2 is 2.16 bits per heavy atom. The van der Waals surface area contributed by atoms with Gasteiger partial charge in [0, 0.05) is 33.4 Å². The number of ether oxygens (including phenoxy) is 1. The third kappa shape index (κ3) is 4.43. The van der Waals surface area contributed by atoms with Gasteiger partial charge in [-0.15, -0.1) is 0 Å². The van der Waals surface area contributed by atoms with Crippen molar-refractivity contribution in [2.75, 3.05) is 27.2 Å². The lowest BCUT2D eigenvalue weighted by Crippen LogP contribution is -2.28. The molecular formula is C18H23FN4O2. The first-order chi connectivity index (χ1) is 12.0. The molecule has 1 aliphatic heterocycles. The quantitative estimate of drug-likeness (QED) is 0.861. The maximum Gasteiger partial charge on any atom is 0.243 e. The van der Waals surface area contributed by atoms with Crippen molar-refractivity contribution >= 4 is 5.91 Å². The SMILES string of the molecule is CN(C)C(=O)Cn1cc2c(n1)C(CNCc1ccc(F)cc1)OCC2. The standard InChI is InChI=1S/C18H23FN4O2/c1-22(2)17(24)12-23-11-14-7-8-25-16(18(14)21-23)10-20-9-13-3-5-15(19)6-4-13/h3-6,11,16,20H,7-10,12H2,1-2H3. The molecule has 1 aromatic heterocycles. The second kappa shape index (κ2) is 7.76. The fourth-order valence-corrected chi connectivity index (χ4v) is 2.80. The minimum atomic E-state index is -0.234. The van der Waals surface area contributed by atoms with Crippen LogP contribution < -0.4 is 5.32 Å². The Labute approximate surface area is 146 Å². The van der Waals surface area contributed by atoms with Crippen molar-refractivity contribution in [1.29, 1.82) is 0 Å². The summed E-state index contributed by atoms with van der Waals surface area (Å²) < 4.78 is 20.5. The van der Waals surface area contributed by atoms with Crippen molar-refractivity contribution in [3.63, 3.8) is 0 Å². The molecule has 7 heteroatoms. The number of hydrogen-bond acceptors (Lipinski definition) is 4. The summed E-state index contributed by atoms with van der Waals surface area (Å²) in [4.78, 5) is 13.4. The summed E-state index contributed by atoms with van der Waals surface area (Å²) in [5.74, 6) is -0.228. The largest absolute Gasteiger partial charge is 0.370 e. The molecule has 1 amide bonds. The molecule has 1 atom stereocenters. The molecule has 134 valence electrons. The van der Waals surface area contributed by atoms with Crippen LogP contribution in [0.3, 0.4) is 0 Å². The van der Waals surface area contributed by atoms with E-state index < -0.39 is 0 Å². The van der Waals surface area contributed by atoms with E-state index in [0.717, 1.165) is 23.2 Å². The zero-order valence-corrected chi connectivity index (χ0v) is 14.5. The predicted octanol–water partition coefficient (Wildman–Crippen LogP) is 1.51. The maximum absolute atomic E-state index is 12.9. The third-order valence-corrected chi connectivity index (χ3v) is 4.23. The van der Waals surface area contributed by atoms with Gasteiger partial charge in [-0.3, -0.25) is 9.48 Å². The normalized spacial score (nSPS) is 16.5. The van der Waals surface area contributed by atoms with Crippen LogP contribution in [0.25, 0.3) is 0 Å². The predicted molar refractivity (Wildman–Crippen MR) is 91.4 cm³/mol. The highest BCUT2D eigenvalue weighted by molar-refractivity contribution is 5.75. The van der Waals surface area contributed by atoms with E-state index in [4.69, 9.17) is 4.74 Å². The van der Waals surface area contributed by atoms with E-state index in [1.165, 1.54) is 12.1 Å². The molecular weight excluding hydrogens is 323 g/mol. The summed E-state index contributed by atoms with van der Waals surface area (Å²) in [6, 6.07) is 6.43. The zero-order chi connectivity index (χ0) is 17.8. The summed E-state index contributed by atoms with van der Waals surface area (Å²) in [7, 11) is 3.47. The van der Waals surface area contributed by atoms with Crippen LogP contribution in [0, 0.1) is 5.82 Å². The second-order valence-electron chi connectivity index (χ2n) is 6.39. The van der Waals surface area contributed by atoms with Crippen molar-refractivity contribution in [1.82, 2.24) is 20.0 Å². The highest BCUT2D eigenvalue weighted by Crippen LogP contribution is 2.25. The van der Waals surface area contributed by atoms with Gasteiger partial charge in [0.2, 0.25) is 5.91 Å². The molecule has 25 heavy (non-hydrogen) atoms. The Morgan fingerprint density at radius 1 is 1.40 bits per heavy atom. The van der Waals surface area contributed by atoms with Gasteiger partial charge < -0.3 is 15.0 Å². The van der Waals surface area contributed by atoms with Crippen molar-refractivity contribution in [3.8, 4) is 0 Å².